The van der Waals surface area contributed by atoms with Crippen LogP contribution in [0.5, 0.6) is 0 Å². The molecule has 8 aromatic carbocycles. The number of fused-ring (bicyclic) bond motifs is 2. The molecule has 0 heterocycles. The minimum atomic E-state index is 1.22. The van der Waals surface area contributed by atoms with Gasteiger partial charge in [0.05, 0.1) is 0 Å². The molecule has 0 aliphatic heterocycles. The molecule has 206 valence electrons. The lowest BCUT2D eigenvalue weighted by atomic mass is 9.83. The van der Waals surface area contributed by atoms with Crippen molar-refractivity contribution in [2.45, 2.75) is 0 Å². The fourth-order valence-electron chi connectivity index (χ4n) is 6.64. The van der Waals surface area contributed by atoms with Crippen molar-refractivity contribution in [2.75, 3.05) is 0 Å². The number of rotatable bonds is 5. The van der Waals surface area contributed by atoms with Gasteiger partial charge in [-0.2, -0.15) is 0 Å². The summed E-state index contributed by atoms with van der Waals surface area (Å²) in [5.41, 5.74) is 12.4. The monoisotopic (exact) mass is 558 g/mol. The van der Waals surface area contributed by atoms with Crippen LogP contribution >= 0.6 is 0 Å². The Kier molecular flexibility index (Phi) is 6.59. The Balaban J connectivity index is 1.43. The molecule has 44 heavy (non-hydrogen) atoms. The zero-order chi connectivity index (χ0) is 29.3. The van der Waals surface area contributed by atoms with Crippen molar-refractivity contribution >= 4 is 21.5 Å². The summed E-state index contributed by atoms with van der Waals surface area (Å²) in [6.45, 7) is 0. The second-order valence-electron chi connectivity index (χ2n) is 11.3. The predicted molar refractivity (Wildman–Crippen MR) is 189 cm³/mol. The van der Waals surface area contributed by atoms with Gasteiger partial charge in [0, 0.05) is 0 Å². The van der Waals surface area contributed by atoms with Gasteiger partial charge in [-0.3, -0.25) is 0 Å². The van der Waals surface area contributed by atoms with Crippen LogP contribution in [0.4, 0.5) is 0 Å². The fraction of sp³-hybridized carbons (Fsp3) is 0. The van der Waals surface area contributed by atoms with E-state index in [9.17, 15) is 0 Å². The maximum atomic E-state index is 2.36. The second kappa shape index (κ2) is 11.2. The molecule has 0 aromatic heterocycles. The van der Waals surface area contributed by atoms with Crippen LogP contribution in [0, 0.1) is 0 Å². The van der Waals surface area contributed by atoms with Gasteiger partial charge in [-0.05, 0) is 89.3 Å². The van der Waals surface area contributed by atoms with E-state index in [0.29, 0.717) is 0 Å². The molecular weight excluding hydrogens is 528 g/mol. The first kappa shape index (κ1) is 25.9. The SMILES string of the molecule is c1ccc(-c2cccc(-c3c4ccccc4c(-c4ccc(-c5ccccc5)cc4-c4ccccc4)c4ccccc34)c2)cc1. The molecule has 0 saturated carbocycles. The summed E-state index contributed by atoms with van der Waals surface area (Å²) < 4.78 is 0. The van der Waals surface area contributed by atoms with Crippen LogP contribution < -0.4 is 0 Å². The minimum absolute atomic E-state index is 1.22. The molecule has 0 aliphatic carbocycles. The molecule has 0 spiro atoms. The second-order valence-corrected chi connectivity index (χ2v) is 11.3. The predicted octanol–water partition coefficient (Wildman–Crippen LogP) is 12.3. The largest absolute Gasteiger partial charge is 0.0622 e. The molecule has 0 atom stereocenters. The zero-order valence-electron chi connectivity index (χ0n) is 24.3. The molecule has 8 rings (SSSR count). The van der Waals surface area contributed by atoms with Crippen LogP contribution in [-0.4, -0.2) is 0 Å². The zero-order valence-corrected chi connectivity index (χ0v) is 24.3. The lowest BCUT2D eigenvalue weighted by molar-refractivity contribution is 1.58. The third kappa shape index (κ3) is 4.58. The molecule has 0 saturated heterocycles. The molecule has 0 heteroatoms. The van der Waals surface area contributed by atoms with Gasteiger partial charge in [0.25, 0.3) is 0 Å². The Morgan fingerprint density at radius 1 is 0.205 bits per heavy atom. The quantitative estimate of drug-likeness (QED) is 0.184. The van der Waals surface area contributed by atoms with Gasteiger partial charge in [-0.15, -0.1) is 0 Å². The summed E-state index contributed by atoms with van der Waals surface area (Å²) in [5.74, 6) is 0. The summed E-state index contributed by atoms with van der Waals surface area (Å²) in [6, 6.07) is 65.9. The average Bonchev–Trinajstić information content (AvgIpc) is 3.11. The fourth-order valence-corrected chi connectivity index (χ4v) is 6.64. The van der Waals surface area contributed by atoms with Crippen molar-refractivity contribution < 1.29 is 0 Å². The van der Waals surface area contributed by atoms with Gasteiger partial charge in [-0.25, -0.2) is 0 Å². The summed E-state index contributed by atoms with van der Waals surface area (Å²) in [5, 5.41) is 5.04. The van der Waals surface area contributed by atoms with Crippen molar-refractivity contribution in [1.29, 1.82) is 0 Å². The third-order valence-electron chi connectivity index (χ3n) is 8.67. The van der Waals surface area contributed by atoms with Crippen molar-refractivity contribution in [3.05, 3.63) is 182 Å². The standard InChI is InChI=1S/C44H30/c1-4-15-31(16-5-1)34-21-14-22-36(29-34)43-37-23-10-12-25-39(37)44(40-26-13-11-24-38(40)43)41-28-27-35(32-17-6-2-7-18-32)30-42(41)33-19-8-3-9-20-33/h1-30H. The van der Waals surface area contributed by atoms with Crippen LogP contribution in [0.3, 0.4) is 0 Å². The van der Waals surface area contributed by atoms with E-state index in [1.54, 1.807) is 0 Å². The smallest absolute Gasteiger partial charge is 0.00201 e. The highest BCUT2D eigenvalue weighted by Crippen LogP contribution is 2.47. The van der Waals surface area contributed by atoms with Gasteiger partial charge >= 0.3 is 0 Å². The van der Waals surface area contributed by atoms with Crippen molar-refractivity contribution in [2.24, 2.45) is 0 Å². The van der Waals surface area contributed by atoms with Crippen molar-refractivity contribution in [1.82, 2.24) is 0 Å². The molecule has 0 fully saturated rings. The Hall–Kier alpha value is -5.72. The lowest BCUT2D eigenvalue weighted by Gasteiger charge is -2.20. The highest BCUT2D eigenvalue weighted by atomic mass is 14.2. The van der Waals surface area contributed by atoms with Crippen LogP contribution in [-0.2, 0) is 0 Å². The summed E-state index contributed by atoms with van der Waals surface area (Å²) in [7, 11) is 0. The van der Waals surface area contributed by atoms with E-state index < -0.39 is 0 Å². The van der Waals surface area contributed by atoms with Gasteiger partial charge in [0.15, 0.2) is 0 Å². The topological polar surface area (TPSA) is 0 Å². The molecule has 0 amide bonds. The van der Waals surface area contributed by atoms with Gasteiger partial charge in [-0.1, -0.05) is 170 Å². The van der Waals surface area contributed by atoms with Gasteiger partial charge in [0.2, 0.25) is 0 Å². The highest BCUT2D eigenvalue weighted by Gasteiger charge is 2.19. The van der Waals surface area contributed by atoms with Crippen LogP contribution in [0.15, 0.2) is 182 Å². The van der Waals surface area contributed by atoms with Gasteiger partial charge < -0.3 is 0 Å². The Bertz CT molecular complexity index is 2190. The normalized spacial score (nSPS) is 11.2. The van der Waals surface area contributed by atoms with E-state index >= 15 is 0 Å². The first-order chi connectivity index (χ1) is 21.8. The number of hydrogen-bond donors (Lipinski definition) is 0. The first-order valence-electron chi connectivity index (χ1n) is 15.2. The summed E-state index contributed by atoms with van der Waals surface area (Å²) in [4.78, 5) is 0. The van der Waals surface area contributed by atoms with E-state index in [4.69, 9.17) is 0 Å². The molecule has 0 nitrogen and oxygen atoms in total. The van der Waals surface area contributed by atoms with Crippen molar-refractivity contribution in [3.63, 3.8) is 0 Å². The highest BCUT2D eigenvalue weighted by molar-refractivity contribution is 6.22. The van der Waals surface area contributed by atoms with Crippen molar-refractivity contribution in [3.8, 4) is 55.6 Å². The summed E-state index contributed by atoms with van der Waals surface area (Å²) >= 11 is 0. The Morgan fingerprint density at radius 3 is 1.16 bits per heavy atom. The van der Waals surface area contributed by atoms with Crippen LogP contribution in [0.1, 0.15) is 0 Å². The molecule has 0 N–H and O–H groups in total. The maximum Gasteiger partial charge on any atom is -0.00201 e. The number of hydrogen-bond acceptors (Lipinski definition) is 0. The minimum Gasteiger partial charge on any atom is -0.0622 e. The lowest BCUT2D eigenvalue weighted by Crippen LogP contribution is -1.93. The molecule has 0 bridgehead atoms. The Labute approximate surface area is 258 Å². The van der Waals surface area contributed by atoms with Crippen LogP contribution in [0.2, 0.25) is 0 Å². The van der Waals surface area contributed by atoms with E-state index in [0.717, 1.165) is 0 Å². The average molecular weight is 559 g/mol. The molecule has 0 aliphatic rings. The molecule has 0 radical (unpaired) electrons. The van der Waals surface area contributed by atoms with E-state index in [-0.39, 0.29) is 0 Å². The summed E-state index contributed by atoms with van der Waals surface area (Å²) in [6.07, 6.45) is 0. The number of benzene rings is 8. The molecule has 8 aromatic rings. The Morgan fingerprint density at radius 2 is 0.614 bits per heavy atom. The molecular formula is C44H30. The van der Waals surface area contributed by atoms with E-state index in [2.05, 4.69) is 182 Å². The first-order valence-corrected chi connectivity index (χ1v) is 15.2. The maximum absolute atomic E-state index is 2.36. The van der Waals surface area contributed by atoms with Crippen LogP contribution in [0.25, 0.3) is 77.2 Å². The van der Waals surface area contributed by atoms with Gasteiger partial charge in [0.1, 0.15) is 0 Å². The van der Waals surface area contributed by atoms with E-state index in [1.807, 2.05) is 0 Å². The molecule has 0 unspecified atom stereocenters. The van der Waals surface area contributed by atoms with E-state index in [1.165, 1.54) is 77.2 Å². The third-order valence-corrected chi connectivity index (χ3v) is 8.67.